The number of para-hydroxylation sites is 1. The van der Waals surface area contributed by atoms with Gasteiger partial charge in [0.05, 0.1) is 24.2 Å². The lowest BCUT2D eigenvalue weighted by Crippen LogP contribution is -2.08. The number of hydrogen-bond donors (Lipinski definition) is 0. The zero-order chi connectivity index (χ0) is 29.3. The lowest BCUT2D eigenvalue weighted by Gasteiger charge is -2.14. The molecule has 1 heterocycles. The number of fused-ring (bicyclic) bond motifs is 1. The highest BCUT2D eigenvalue weighted by Crippen LogP contribution is 2.29. The molecule has 42 heavy (non-hydrogen) atoms. The molecule has 0 spiro atoms. The molecule has 0 amide bonds. The lowest BCUT2D eigenvalue weighted by atomic mass is 10.1. The number of rotatable bonds is 13. The zero-order valence-electron chi connectivity index (χ0n) is 23.7. The second-order valence-electron chi connectivity index (χ2n) is 9.74. The molecule has 7 nitrogen and oxygen atoms in total. The number of esters is 1. The summed E-state index contributed by atoms with van der Waals surface area (Å²) in [6, 6.07) is 28.8. The molecule has 0 fully saturated rings. The van der Waals surface area contributed by atoms with E-state index in [1.54, 1.807) is 6.92 Å². The summed E-state index contributed by atoms with van der Waals surface area (Å²) in [7, 11) is 2.00. The molecule has 0 aliphatic rings. The molecule has 4 aromatic carbocycles. The maximum Gasteiger partial charge on any atom is 0.306 e. The third kappa shape index (κ3) is 7.62. The predicted molar refractivity (Wildman–Crippen MR) is 164 cm³/mol. The van der Waals surface area contributed by atoms with Gasteiger partial charge in [0.15, 0.2) is 0 Å². The largest absolute Gasteiger partial charge is 0.493 e. The topological polar surface area (TPSA) is 71.8 Å². The van der Waals surface area contributed by atoms with E-state index < -0.39 is 0 Å². The first kappa shape index (κ1) is 29.0. The SMILES string of the molecule is CCOC(=O)CCc1ccc(OCCc2nc3ccc(Oc4ccccc4)cc3n2C)cc1OCc1ccc(Cl)cc1. The van der Waals surface area contributed by atoms with Gasteiger partial charge in [0.1, 0.15) is 35.4 Å². The minimum Gasteiger partial charge on any atom is -0.493 e. The Morgan fingerprint density at radius 1 is 0.857 bits per heavy atom. The van der Waals surface area contributed by atoms with Crippen LogP contribution in [0.1, 0.15) is 30.3 Å². The number of carbonyl (C=O) groups excluding carboxylic acids is 1. The fraction of sp³-hybridized carbons (Fsp3) is 0.235. The van der Waals surface area contributed by atoms with Crippen molar-refractivity contribution in [3.63, 3.8) is 0 Å². The molecule has 0 aliphatic carbocycles. The second kappa shape index (κ2) is 13.9. The Labute approximate surface area is 250 Å². The van der Waals surface area contributed by atoms with Crippen molar-refractivity contribution in [2.45, 2.75) is 32.8 Å². The van der Waals surface area contributed by atoms with Crippen LogP contribution in [0.2, 0.25) is 5.02 Å². The molecule has 0 saturated heterocycles. The second-order valence-corrected chi connectivity index (χ2v) is 10.2. The highest BCUT2D eigenvalue weighted by atomic mass is 35.5. The van der Waals surface area contributed by atoms with Crippen LogP contribution in [0.15, 0.2) is 91.0 Å². The summed E-state index contributed by atoms with van der Waals surface area (Å²) >= 11 is 6.02. The summed E-state index contributed by atoms with van der Waals surface area (Å²) in [6.45, 7) is 2.96. The van der Waals surface area contributed by atoms with E-state index in [2.05, 4.69) is 4.57 Å². The van der Waals surface area contributed by atoms with E-state index >= 15 is 0 Å². The van der Waals surface area contributed by atoms with Crippen LogP contribution < -0.4 is 14.2 Å². The molecule has 0 atom stereocenters. The predicted octanol–water partition coefficient (Wildman–Crippen LogP) is 7.72. The molecule has 1 aromatic heterocycles. The van der Waals surface area contributed by atoms with Gasteiger partial charge < -0.3 is 23.5 Å². The maximum atomic E-state index is 12.0. The fourth-order valence-corrected chi connectivity index (χ4v) is 4.69. The highest BCUT2D eigenvalue weighted by Gasteiger charge is 2.13. The van der Waals surface area contributed by atoms with Crippen molar-refractivity contribution in [2.24, 2.45) is 7.05 Å². The minimum atomic E-state index is -0.234. The Hall–Kier alpha value is -4.49. The van der Waals surface area contributed by atoms with E-state index in [4.69, 9.17) is 35.5 Å². The zero-order valence-corrected chi connectivity index (χ0v) is 24.5. The Morgan fingerprint density at radius 3 is 2.43 bits per heavy atom. The first-order chi connectivity index (χ1) is 20.5. The molecular formula is C34H33ClN2O5. The van der Waals surface area contributed by atoms with E-state index in [0.717, 1.165) is 39.5 Å². The standard InChI is InChI=1S/C34H33ClN2O5/c1-3-39-34(38)18-12-25-11-15-28(22-32(25)41-23-24-9-13-26(35)14-10-24)40-20-19-33-36-30-17-16-29(21-31(30)37(33)2)42-27-7-5-4-6-8-27/h4-11,13-17,21-22H,3,12,18-20,23H2,1-2H3. The van der Waals surface area contributed by atoms with E-state index in [-0.39, 0.29) is 12.4 Å². The summed E-state index contributed by atoms with van der Waals surface area (Å²) in [5.74, 6) is 3.57. The minimum absolute atomic E-state index is 0.234. The third-order valence-corrected chi connectivity index (χ3v) is 7.02. The number of carbonyl (C=O) groups is 1. The number of imidazole rings is 1. The smallest absolute Gasteiger partial charge is 0.306 e. The molecule has 0 aliphatic heterocycles. The van der Waals surface area contributed by atoms with Crippen molar-refractivity contribution in [2.75, 3.05) is 13.2 Å². The van der Waals surface area contributed by atoms with Gasteiger partial charge in [-0.25, -0.2) is 4.98 Å². The Balaban J connectivity index is 1.25. The van der Waals surface area contributed by atoms with Crippen LogP contribution >= 0.6 is 11.6 Å². The molecule has 8 heteroatoms. The van der Waals surface area contributed by atoms with Crippen LogP contribution in [-0.4, -0.2) is 28.7 Å². The number of halogens is 1. The number of benzene rings is 4. The average Bonchev–Trinajstić information content (AvgIpc) is 3.31. The van der Waals surface area contributed by atoms with Crippen LogP contribution in [0.25, 0.3) is 11.0 Å². The molecule has 216 valence electrons. The van der Waals surface area contributed by atoms with Gasteiger partial charge in [-0.3, -0.25) is 4.79 Å². The molecule has 5 aromatic rings. The molecule has 0 radical (unpaired) electrons. The van der Waals surface area contributed by atoms with Gasteiger partial charge in [0, 0.05) is 37.0 Å². The van der Waals surface area contributed by atoms with Gasteiger partial charge in [-0.15, -0.1) is 0 Å². The summed E-state index contributed by atoms with van der Waals surface area (Å²) in [4.78, 5) is 16.8. The average molecular weight is 585 g/mol. The first-order valence-corrected chi connectivity index (χ1v) is 14.3. The van der Waals surface area contributed by atoms with Gasteiger partial charge >= 0.3 is 5.97 Å². The Kier molecular flexibility index (Phi) is 9.62. The van der Waals surface area contributed by atoms with Crippen LogP contribution in [0, 0.1) is 0 Å². The fourth-order valence-electron chi connectivity index (χ4n) is 4.57. The van der Waals surface area contributed by atoms with Gasteiger partial charge in [-0.2, -0.15) is 0 Å². The molecule has 5 rings (SSSR count). The van der Waals surface area contributed by atoms with Gasteiger partial charge in [-0.05, 0) is 66.9 Å². The number of hydrogen-bond acceptors (Lipinski definition) is 6. The monoisotopic (exact) mass is 584 g/mol. The molecular weight excluding hydrogens is 552 g/mol. The van der Waals surface area contributed by atoms with E-state index in [9.17, 15) is 4.79 Å². The van der Waals surface area contributed by atoms with Crippen LogP contribution in [0.4, 0.5) is 0 Å². The number of ether oxygens (including phenoxy) is 4. The molecule has 0 saturated carbocycles. The van der Waals surface area contributed by atoms with Gasteiger partial charge in [-0.1, -0.05) is 48.0 Å². The Morgan fingerprint density at radius 2 is 1.64 bits per heavy atom. The van der Waals surface area contributed by atoms with E-state index in [0.29, 0.717) is 49.2 Å². The molecule has 0 unspecified atom stereocenters. The number of nitrogens with zero attached hydrogens (tertiary/aromatic N) is 2. The van der Waals surface area contributed by atoms with Crippen molar-refractivity contribution >= 4 is 28.6 Å². The van der Waals surface area contributed by atoms with Crippen molar-refractivity contribution in [1.29, 1.82) is 0 Å². The van der Waals surface area contributed by atoms with Crippen molar-refractivity contribution < 1.29 is 23.7 Å². The van der Waals surface area contributed by atoms with Crippen molar-refractivity contribution in [3.05, 3.63) is 113 Å². The van der Waals surface area contributed by atoms with Crippen molar-refractivity contribution in [1.82, 2.24) is 9.55 Å². The van der Waals surface area contributed by atoms with Gasteiger partial charge in [0.2, 0.25) is 0 Å². The quantitative estimate of drug-likeness (QED) is 0.132. The van der Waals surface area contributed by atoms with E-state index in [1.165, 1.54) is 0 Å². The van der Waals surface area contributed by atoms with Crippen LogP contribution in [0.3, 0.4) is 0 Å². The lowest BCUT2D eigenvalue weighted by molar-refractivity contribution is -0.143. The van der Waals surface area contributed by atoms with Crippen molar-refractivity contribution in [3.8, 4) is 23.0 Å². The summed E-state index contributed by atoms with van der Waals surface area (Å²) < 4.78 is 25.5. The van der Waals surface area contributed by atoms with Crippen LogP contribution in [-0.2, 0) is 36.0 Å². The van der Waals surface area contributed by atoms with Crippen LogP contribution in [0.5, 0.6) is 23.0 Å². The Bertz CT molecular complexity index is 1630. The third-order valence-electron chi connectivity index (χ3n) is 6.77. The summed E-state index contributed by atoms with van der Waals surface area (Å²) in [5, 5.41) is 0.672. The maximum absolute atomic E-state index is 12.0. The molecule has 0 N–H and O–H groups in total. The van der Waals surface area contributed by atoms with Gasteiger partial charge in [0.25, 0.3) is 0 Å². The number of aromatic nitrogens is 2. The number of aryl methyl sites for hydroxylation is 2. The normalized spacial score (nSPS) is 10.9. The van der Waals surface area contributed by atoms with E-state index in [1.807, 2.05) is 98.0 Å². The highest BCUT2D eigenvalue weighted by molar-refractivity contribution is 6.30. The summed E-state index contributed by atoms with van der Waals surface area (Å²) in [6.07, 6.45) is 1.40. The first-order valence-electron chi connectivity index (χ1n) is 14.0. The molecule has 0 bridgehead atoms. The summed E-state index contributed by atoms with van der Waals surface area (Å²) in [5.41, 5.74) is 3.79.